The van der Waals surface area contributed by atoms with Gasteiger partial charge in [0.05, 0.1) is 0 Å². The molecular formula is C15H16N2O5S3. The monoisotopic (exact) mass is 400 g/mol. The normalized spacial score (nSPS) is 11.2. The number of anilines is 1. The number of nitrogens with one attached hydrogen (secondary N) is 1. The van der Waals surface area contributed by atoms with Gasteiger partial charge in [-0.25, -0.2) is 13.2 Å². The number of nitrogens with zero attached hydrogens (tertiary/aromatic N) is 1. The van der Waals surface area contributed by atoms with Crippen LogP contribution < -0.4 is 4.72 Å². The van der Waals surface area contributed by atoms with E-state index in [0.29, 0.717) is 27.5 Å². The molecular weight excluding hydrogens is 384 g/mol. The van der Waals surface area contributed by atoms with Gasteiger partial charge in [-0.3, -0.25) is 9.52 Å². The van der Waals surface area contributed by atoms with E-state index in [1.807, 2.05) is 0 Å². The van der Waals surface area contributed by atoms with Gasteiger partial charge >= 0.3 is 5.97 Å². The van der Waals surface area contributed by atoms with E-state index >= 15 is 0 Å². The first kappa shape index (κ1) is 19.3. The number of amides is 1. The molecule has 0 bridgehead atoms. The fraction of sp³-hybridized carbons (Fsp3) is 0.200. The number of carboxylic acids is 1. The molecule has 10 heteroatoms. The summed E-state index contributed by atoms with van der Waals surface area (Å²) < 4.78 is 27.1. The van der Waals surface area contributed by atoms with Crippen LogP contribution in [0.5, 0.6) is 0 Å². The molecule has 1 heterocycles. The summed E-state index contributed by atoms with van der Waals surface area (Å²) in [6, 6.07) is 7.68. The summed E-state index contributed by atoms with van der Waals surface area (Å²) in [4.78, 5) is 24.8. The van der Waals surface area contributed by atoms with Crippen molar-refractivity contribution < 1.29 is 23.1 Å². The average molecular weight is 401 g/mol. The van der Waals surface area contributed by atoms with Gasteiger partial charge in [-0.15, -0.1) is 11.3 Å². The predicted molar refractivity (Wildman–Crippen MR) is 98.2 cm³/mol. The second kappa shape index (κ2) is 7.46. The van der Waals surface area contributed by atoms with Gasteiger partial charge in [-0.2, -0.15) is 0 Å². The molecule has 25 heavy (non-hydrogen) atoms. The Labute approximate surface area is 153 Å². The van der Waals surface area contributed by atoms with Crippen molar-refractivity contribution in [2.75, 3.05) is 18.8 Å². The Morgan fingerprint density at radius 3 is 2.28 bits per heavy atom. The highest BCUT2D eigenvalue weighted by atomic mass is 32.2. The van der Waals surface area contributed by atoms with E-state index < -0.39 is 16.0 Å². The fourth-order valence-electron chi connectivity index (χ4n) is 1.79. The Hall–Kier alpha value is -2.04. The molecule has 1 aromatic carbocycles. The first-order valence-electron chi connectivity index (χ1n) is 6.96. The molecule has 0 saturated heterocycles. The van der Waals surface area contributed by atoms with Gasteiger partial charge in [0.15, 0.2) is 0 Å². The number of benzene rings is 1. The third-order valence-corrected chi connectivity index (χ3v) is 7.16. The van der Waals surface area contributed by atoms with E-state index in [4.69, 9.17) is 5.11 Å². The lowest BCUT2D eigenvalue weighted by molar-refractivity contribution is 0.0701. The molecule has 7 nitrogen and oxygen atoms in total. The van der Waals surface area contributed by atoms with Crippen LogP contribution in [0.25, 0.3) is 0 Å². The first-order valence-corrected chi connectivity index (χ1v) is 10.1. The second-order valence-electron chi connectivity index (χ2n) is 5.27. The minimum atomic E-state index is -3.87. The quantitative estimate of drug-likeness (QED) is 0.746. The molecule has 0 aliphatic heterocycles. The Morgan fingerprint density at radius 2 is 1.80 bits per heavy atom. The molecule has 1 aromatic heterocycles. The summed E-state index contributed by atoms with van der Waals surface area (Å²) in [6.07, 6.45) is 0. The van der Waals surface area contributed by atoms with Gasteiger partial charge in [0, 0.05) is 24.7 Å². The number of thioether (sulfide) groups is 1. The number of carbonyl (C=O) groups excluding carboxylic acids is 1. The minimum absolute atomic E-state index is 0.00526. The Kier molecular flexibility index (Phi) is 5.76. The lowest BCUT2D eigenvalue weighted by Gasteiger charge is -2.10. The summed E-state index contributed by atoms with van der Waals surface area (Å²) in [5.74, 6) is -1.16. The zero-order chi connectivity index (χ0) is 18.8. The van der Waals surface area contributed by atoms with Crippen molar-refractivity contribution in [1.82, 2.24) is 4.90 Å². The number of rotatable bonds is 5. The number of hydrogen-bond acceptors (Lipinski definition) is 6. The van der Waals surface area contributed by atoms with Crippen LogP contribution in [-0.2, 0) is 10.0 Å². The molecule has 0 aliphatic carbocycles. The number of thiophene rings is 1. The highest BCUT2D eigenvalue weighted by Gasteiger charge is 2.21. The zero-order valence-electron chi connectivity index (χ0n) is 13.6. The van der Waals surface area contributed by atoms with Gasteiger partial charge in [0.25, 0.3) is 15.3 Å². The largest absolute Gasteiger partial charge is 0.477 e. The average Bonchev–Trinajstić information content (AvgIpc) is 2.92. The van der Waals surface area contributed by atoms with Crippen LogP contribution in [0.1, 0.15) is 15.2 Å². The van der Waals surface area contributed by atoms with E-state index in [1.165, 1.54) is 11.0 Å². The van der Waals surface area contributed by atoms with E-state index in [-0.39, 0.29) is 14.3 Å². The molecule has 2 rings (SSSR count). The standard InChI is InChI=1S/C15H16N2O5S3/c1-9-8-12(24-13(9)14(18)19)25(21,22)16-10-4-6-11(7-5-10)23-15(20)17(2)3/h4-8,16H,1-3H3,(H,18,19). The molecule has 0 saturated carbocycles. The smallest absolute Gasteiger partial charge is 0.346 e. The molecule has 0 atom stereocenters. The molecule has 134 valence electrons. The van der Waals surface area contributed by atoms with Crippen LogP contribution in [0.15, 0.2) is 39.4 Å². The molecule has 0 unspecified atom stereocenters. The highest BCUT2D eigenvalue weighted by Crippen LogP contribution is 2.28. The zero-order valence-corrected chi connectivity index (χ0v) is 16.1. The van der Waals surface area contributed by atoms with Crippen molar-refractivity contribution in [3.05, 3.63) is 40.8 Å². The number of aryl methyl sites for hydroxylation is 1. The Morgan fingerprint density at radius 1 is 1.20 bits per heavy atom. The van der Waals surface area contributed by atoms with Crippen LogP contribution in [0.2, 0.25) is 0 Å². The van der Waals surface area contributed by atoms with Gasteiger partial charge in [-0.1, -0.05) is 0 Å². The maximum absolute atomic E-state index is 12.4. The third-order valence-electron chi connectivity index (χ3n) is 3.03. The molecule has 0 spiro atoms. The minimum Gasteiger partial charge on any atom is -0.477 e. The van der Waals surface area contributed by atoms with E-state index in [0.717, 1.165) is 11.8 Å². The second-order valence-corrected chi connectivity index (χ2v) is 9.26. The van der Waals surface area contributed by atoms with Crippen molar-refractivity contribution >= 4 is 50.0 Å². The predicted octanol–water partition coefficient (Wildman–Crippen LogP) is 3.33. The van der Waals surface area contributed by atoms with E-state index in [1.54, 1.807) is 45.3 Å². The number of aromatic carboxylic acids is 1. The van der Waals surface area contributed by atoms with Crippen LogP contribution >= 0.6 is 23.1 Å². The number of hydrogen-bond donors (Lipinski definition) is 2. The third kappa shape index (κ3) is 4.74. The molecule has 1 amide bonds. The van der Waals surface area contributed by atoms with Crippen molar-refractivity contribution in [1.29, 1.82) is 0 Å². The molecule has 2 aromatic rings. The SMILES string of the molecule is Cc1cc(S(=O)(=O)Nc2ccc(SC(=O)N(C)C)cc2)sc1C(=O)O. The topological polar surface area (TPSA) is 104 Å². The maximum Gasteiger partial charge on any atom is 0.346 e. The van der Waals surface area contributed by atoms with Gasteiger partial charge in [0.1, 0.15) is 9.09 Å². The van der Waals surface area contributed by atoms with Crippen LogP contribution in [0.4, 0.5) is 10.5 Å². The molecule has 0 fully saturated rings. The highest BCUT2D eigenvalue weighted by molar-refractivity contribution is 8.13. The summed E-state index contributed by atoms with van der Waals surface area (Å²) >= 11 is 1.73. The summed E-state index contributed by atoms with van der Waals surface area (Å²) in [5.41, 5.74) is 0.719. The number of carboxylic acid groups (broad SMARTS) is 1. The summed E-state index contributed by atoms with van der Waals surface area (Å²) in [6.45, 7) is 1.55. The van der Waals surface area contributed by atoms with E-state index in [9.17, 15) is 18.0 Å². The van der Waals surface area contributed by atoms with Crippen molar-refractivity contribution in [3.8, 4) is 0 Å². The van der Waals surface area contributed by atoms with Crippen LogP contribution in [0.3, 0.4) is 0 Å². The summed E-state index contributed by atoms with van der Waals surface area (Å²) in [5, 5.41) is 8.90. The van der Waals surface area contributed by atoms with Crippen LogP contribution in [-0.4, -0.2) is 43.7 Å². The van der Waals surface area contributed by atoms with Gasteiger partial charge in [-0.05, 0) is 54.6 Å². The molecule has 2 N–H and O–H groups in total. The first-order chi connectivity index (χ1) is 11.6. The van der Waals surface area contributed by atoms with Gasteiger partial charge < -0.3 is 10.0 Å². The van der Waals surface area contributed by atoms with Crippen molar-refractivity contribution in [2.45, 2.75) is 16.0 Å². The van der Waals surface area contributed by atoms with E-state index in [2.05, 4.69) is 4.72 Å². The number of carbonyl (C=O) groups is 2. The molecule has 0 aliphatic rings. The van der Waals surface area contributed by atoms with Crippen LogP contribution in [0, 0.1) is 6.92 Å². The number of sulfonamides is 1. The Bertz CT molecular complexity index is 902. The summed E-state index contributed by atoms with van der Waals surface area (Å²) in [7, 11) is -0.585. The fourth-order valence-corrected chi connectivity index (χ4v) is 4.88. The van der Waals surface area contributed by atoms with Crippen molar-refractivity contribution in [2.24, 2.45) is 0 Å². The molecule has 0 radical (unpaired) electrons. The lowest BCUT2D eigenvalue weighted by atomic mass is 10.3. The van der Waals surface area contributed by atoms with Gasteiger partial charge in [0.2, 0.25) is 0 Å². The van der Waals surface area contributed by atoms with Crippen molar-refractivity contribution in [3.63, 3.8) is 0 Å². The maximum atomic E-state index is 12.4. The Balaban J connectivity index is 2.17. The lowest BCUT2D eigenvalue weighted by Crippen LogP contribution is -2.16.